The Hall–Kier alpha value is -1.76. The first-order chi connectivity index (χ1) is 15.5. The predicted molar refractivity (Wildman–Crippen MR) is 135 cm³/mol. The number of rotatable bonds is 6. The van der Waals surface area contributed by atoms with Gasteiger partial charge in [0.2, 0.25) is 0 Å². The van der Waals surface area contributed by atoms with Crippen LogP contribution in [0.1, 0.15) is 82.2 Å². The lowest BCUT2D eigenvalue weighted by molar-refractivity contribution is -0.164. The van der Waals surface area contributed by atoms with Crippen LogP contribution < -0.4 is 0 Å². The SMILES string of the molecule is CC(C)C1(CCc2ccsc2)CC(O)=C(Sc2cc3c(cc2C(C)(C)C)C(O)CC3)C(=O)O1. The molecule has 4 rings (SSSR count). The van der Waals surface area contributed by atoms with Crippen molar-refractivity contribution in [2.75, 3.05) is 0 Å². The Balaban J connectivity index is 1.64. The molecular weight excluding hydrogens is 452 g/mol. The van der Waals surface area contributed by atoms with E-state index in [0.29, 0.717) is 12.8 Å². The summed E-state index contributed by atoms with van der Waals surface area (Å²) in [6.45, 7) is 10.5. The highest BCUT2D eigenvalue weighted by Crippen LogP contribution is 2.47. The molecule has 33 heavy (non-hydrogen) atoms. The van der Waals surface area contributed by atoms with E-state index in [0.717, 1.165) is 40.8 Å². The quantitative estimate of drug-likeness (QED) is 0.437. The smallest absolute Gasteiger partial charge is 0.349 e. The van der Waals surface area contributed by atoms with Gasteiger partial charge < -0.3 is 14.9 Å². The third kappa shape index (κ3) is 4.89. The van der Waals surface area contributed by atoms with Gasteiger partial charge >= 0.3 is 5.97 Å². The summed E-state index contributed by atoms with van der Waals surface area (Å²) in [6.07, 6.45) is 2.94. The largest absolute Gasteiger partial charge is 0.511 e. The van der Waals surface area contributed by atoms with Crippen LogP contribution >= 0.6 is 23.1 Å². The van der Waals surface area contributed by atoms with Crippen LogP contribution in [0.3, 0.4) is 0 Å². The lowest BCUT2D eigenvalue weighted by Crippen LogP contribution is -2.44. The molecule has 2 N–H and O–H groups in total. The van der Waals surface area contributed by atoms with Gasteiger partial charge in [0.25, 0.3) is 0 Å². The van der Waals surface area contributed by atoms with E-state index in [2.05, 4.69) is 63.6 Å². The van der Waals surface area contributed by atoms with E-state index < -0.39 is 17.7 Å². The summed E-state index contributed by atoms with van der Waals surface area (Å²) in [7, 11) is 0. The molecule has 0 amide bonds. The first-order valence-corrected chi connectivity index (χ1v) is 13.5. The van der Waals surface area contributed by atoms with Crippen LogP contribution in [0, 0.1) is 5.92 Å². The molecule has 1 aliphatic carbocycles. The van der Waals surface area contributed by atoms with Crippen molar-refractivity contribution >= 4 is 29.1 Å². The molecular formula is C27H34O4S2. The summed E-state index contributed by atoms with van der Waals surface area (Å²) in [6, 6.07) is 6.27. The van der Waals surface area contributed by atoms with Gasteiger partial charge in [0.1, 0.15) is 16.3 Å². The molecule has 2 atom stereocenters. The van der Waals surface area contributed by atoms with E-state index in [1.807, 2.05) is 0 Å². The van der Waals surface area contributed by atoms with Crippen molar-refractivity contribution in [3.8, 4) is 0 Å². The molecule has 2 unspecified atom stereocenters. The number of cyclic esters (lactones) is 1. The number of carbonyl (C=O) groups excluding carboxylic acids is 1. The minimum Gasteiger partial charge on any atom is -0.511 e. The number of carbonyl (C=O) groups is 1. The average Bonchev–Trinajstić information content (AvgIpc) is 3.37. The van der Waals surface area contributed by atoms with Gasteiger partial charge in [-0.05, 0) is 82.2 Å². The van der Waals surface area contributed by atoms with Crippen molar-refractivity contribution in [1.29, 1.82) is 0 Å². The maximum atomic E-state index is 13.2. The van der Waals surface area contributed by atoms with Crippen LogP contribution in [-0.2, 0) is 27.8 Å². The van der Waals surface area contributed by atoms with E-state index in [9.17, 15) is 15.0 Å². The summed E-state index contributed by atoms with van der Waals surface area (Å²) >= 11 is 2.97. The summed E-state index contributed by atoms with van der Waals surface area (Å²) in [5.74, 6) is -0.237. The number of aliphatic hydroxyl groups is 2. The summed E-state index contributed by atoms with van der Waals surface area (Å²) < 4.78 is 6.11. The molecule has 2 heterocycles. The van der Waals surface area contributed by atoms with Crippen LogP contribution in [-0.4, -0.2) is 21.8 Å². The summed E-state index contributed by atoms with van der Waals surface area (Å²) in [4.78, 5) is 14.5. The fourth-order valence-electron chi connectivity index (χ4n) is 4.78. The van der Waals surface area contributed by atoms with Crippen molar-refractivity contribution in [3.63, 3.8) is 0 Å². The topological polar surface area (TPSA) is 66.8 Å². The molecule has 2 aliphatic rings. The highest BCUT2D eigenvalue weighted by Gasteiger charge is 2.44. The van der Waals surface area contributed by atoms with Crippen molar-refractivity contribution in [1.82, 2.24) is 0 Å². The van der Waals surface area contributed by atoms with Gasteiger partial charge in [-0.25, -0.2) is 4.79 Å². The molecule has 1 aromatic heterocycles. The maximum Gasteiger partial charge on any atom is 0.349 e. The molecule has 1 aliphatic heterocycles. The minimum atomic E-state index is -0.706. The van der Waals surface area contributed by atoms with E-state index >= 15 is 0 Å². The number of benzene rings is 1. The molecule has 4 nitrogen and oxygen atoms in total. The number of esters is 1. The molecule has 0 radical (unpaired) electrons. The van der Waals surface area contributed by atoms with Crippen LogP contribution in [0.2, 0.25) is 0 Å². The molecule has 178 valence electrons. The molecule has 2 aromatic rings. The maximum absolute atomic E-state index is 13.2. The fraction of sp³-hybridized carbons (Fsp3) is 0.519. The second-order valence-electron chi connectivity index (χ2n) is 10.6. The molecule has 0 spiro atoms. The zero-order chi connectivity index (χ0) is 24.0. The standard InChI is InChI=1S/C27H34O4S2/c1-16(2)27(10-8-17-9-11-32-15-17)14-22(29)24(25(30)31-27)33-23-12-18-6-7-21(28)19(18)13-20(23)26(3,4)5/h9,11-13,15-16,21,28-29H,6-8,10,14H2,1-5H3. The van der Waals surface area contributed by atoms with Crippen LogP contribution in [0.25, 0.3) is 0 Å². The van der Waals surface area contributed by atoms with Crippen molar-refractivity contribution in [3.05, 3.63) is 61.9 Å². The number of aryl methyl sites for hydroxylation is 2. The Morgan fingerprint density at radius 2 is 2.06 bits per heavy atom. The highest BCUT2D eigenvalue weighted by atomic mass is 32.2. The zero-order valence-corrected chi connectivity index (χ0v) is 21.7. The zero-order valence-electron chi connectivity index (χ0n) is 20.1. The molecule has 6 heteroatoms. The number of aliphatic hydroxyl groups excluding tert-OH is 2. The molecule has 1 aromatic carbocycles. The predicted octanol–water partition coefficient (Wildman–Crippen LogP) is 6.86. The van der Waals surface area contributed by atoms with Gasteiger partial charge in [0, 0.05) is 11.3 Å². The third-order valence-corrected chi connectivity index (χ3v) is 8.88. The van der Waals surface area contributed by atoms with Gasteiger partial charge in [0.05, 0.1) is 6.10 Å². The fourth-order valence-corrected chi connectivity index (χ4v) is 6.70. The molecule has 0 bridgehead atoms. The summed E-state index contributed by atoms with van der Waals surface area (Å²) in [5, 5.41) is 25.6. The minimum absolute atomic E-state index is 0.0837. The monoisotopic (exact) mass is 486 g/mol. The lowest BCUT2D eigenvalue weighted by Gasteiger charge is -2.40. The van der Waals surface area contributed by atoms with E-state index in [1.165, 1.54) is 17.3 Å². The van der Waals surface area contributed by atoms with Crippen LogP contribution in [0.5, 0.6) is 0 Å². The number of fused-ring (bicyclic) bond motifs is 1. The Morgan fingerprint density at radius 1 is 1.30 bits per heavy atom. The number of ether oxygens (including phenoxy) is 1. The van der Waals surface area contributed by atoms with Gasteiger partial charge in [-0.1, -0.05) is 52.4 Å². The third-order valence-electron chi connectivity index (χ3n) is 6.99. The van der Waals surface area contributed by atoms with Gasteiger partial charge in [-0.15, -0.1) is 0 Å². The second kappa shape index (κ2) is 9.12. The van der Waals surface area contributed by atoms with Crippen LogP contribution in [0.15, 0.2) is 44.5 Å². The van der Waals surface area contributed by atoms with Crippen molar-refractivity contribution in [2.45, 2.75) is 88.7 Å². The van der Waals surface area contributed by atoms with E-state index in [-0.39, 0.29) is 22.0 Å². The van der Waals surface area contributed by atoms with Crippen molar-refractivity contribution < 1.29 is 19.7 Å². The van der Waals surface area contributed by atoms with Gasteiger partial charge in [0.15, 0.2) is 0 Å². The average molecular weight is 487 g/mol. The Kier molecular flexibility index (Phi) is 6.74. The first-order valence-electron chi connectivity index (χ1n) is 11.7. The van der Waals surface area contributed by atoms with E-state index in [4.69, 9.17) is 4.74 Å². The first kappa shape index (κ1) is 24.4. The number of thiophene rings is 1. The van der Waals surface area contributed by atoms with Gasteiger partial charge in [-0.2, -0.15) is 11.3 Å². The van der Waals surface area contributed by atoms with E-state index in [1.54, 1.807) is 11.3 Å². The highest BCUT2D eigenvalue weighted by molar-refractivity contribution is 8.04. The Bertz CT molecular complexity index is 1060. The Morgan fingerprint density at radius 3 is 2.67 bits per heavy atom. The normalized spacial score (nSPS) is 23.2. The number of thioether (sulfide) groups is 1. The van der Waals surface area contributed by atoms with Gasteiger partial charge in [-0.3, -0.25) is 0 Å². The van der Waals surface area contributed by atoms with Crippen molar-refractivity contribution in [2.24, 2.45) is 5.92 Å². The molecule has 0 fully saturated rings. The Labute approximate surface area is 205 Å². The second-order valence-corrected chi connectivity index (χ2v) is 12.5. The molecule has 0 saturated heterocycles. The van der Waals surface area contributed by atoms with Crippen LogP contribution in [0.4, 0.5) is 0 Å². The summed E-state index contributed by atoms with van der Waals surface area (Å²) in [5.41, 5.74) is 3.53. The lowest BCUT2D eigenvalue weighted by atomic mass is 9.80. The number of hydrogen-bond donors (Lipinski definition) is 2. The molecule has 0 saturated carbocycles. The number of hydrogen-bond acceptors (Lipinski definition) is 6.